The summed E-state index contributed by atoms with van der Waals surface area (Å²) >= 11 is 0. The van der Waals surface area contributed by atoms with Gasteiger partial charge in [-0.05, 0) is 0 Å². The normalized spacial score (nSPS) is 5.65. The molecule has 0 aliphatic rings. The Hall–Kier alpha value is 2.32. The van der Waals surface area contributed by atoms with Crippen LogP contribution in [-0.2, 0) is 150 Å². The van der Waals surface area contributed by atoms with Crippen LogP contribution in [0.1, 0.15) is 18.9 Å². The molecule has 0 aliphatic carbocycles. The Labute approximate surface area is 220 Å². The van der Waals surface area contributed by atoms with Crippen molar-refractivity contribution in [3.63, 3.8) is 0 Å². The molecule has 0 unspecified atom stereocenters. The molecule has 0 heterocycles. The first-order valence-electron chi connectivity index (χ1n) is 4.18. The van der Waals surface area contributed by atoms with E-state index in [-0.39, 0.29) is 137 Å². The van der Waals surface area contributed by atoms with Crippen molar-refractivity contribution >= 4 is 25.1 Å². The van der Waals surface area contributed by atoms with E-state index in [0.717, 1.165) is 0 Å². The maximum Gasteiger partial charge on any atom is 0.0627 e. The first kappa shape index (κ1) is 38.1. The van der Waals surface area contributed by atoms with E-state index >= 15 is 0 Å². The average molecular weight is 574 g/mol. The van der Waals surface area contributed by atoms with Gasteiger partial charge in [0, 0.05) is 131 Å². The second kappa shape index (κ2) is 37.5. The largest absolute Gasteiger partial charge is 0.544 e. The molecule has 1 aromatic rings. The SMILES string of the molecule is C[C-]=O.O=[C-]C[C-]=O.O=[C-]c1ccccc1.[Y].[Y].[Y].[Y]. The van der Waals surface area contributed by atoms with Crippen molar-refractivity contribution in [3.05, 3.63) is 35.9 Å². The van der Waals surface area contributed by atoms with Gasteiger partial charge in [0.15, 0.2) is 0 Å². The van der Waals surface area contributed by atoms with E-state index < -0.39 is 0 Å². The van der Waals surface area contributed by atoms with Crippen molar-refractivity contribution < 1.29 is 150 Å². The van der Waals surface area contributed by atoms with Gasteiger partial charge in [-0.3, -0.25) is 25.3 Å². The van der Waals surface area contributed by atoms with Gasteiger partial charge in [-0.15, -0.1) is 12.1 Å². The minimum Gasteiger partial charge on any atom is -0.544 e. The second-order valence-electron chi connectivity index (χ2n) is 2.14. The van der Waals surface area contributed by atoms with Crippen LogP contribution in [0.25, 0.3) is 0 Å². The number of hydrogen-bond acceptors (Lipinski definition) is 4. The molecule has 0 N–H and O–H groups in total. The van der Waals surface area contributed by atoms with Gasteiger partial charge in [0.1, 0.15) is 0 Å². The first-order valence-corrected chi connectivity index (χ1v) is 4.18. The Kier molecular flexibility index (Phi) is 71.4. The van der Waals surface area contributed by atoms with Crippen LogP contribution in [0.3, 0.4) is 0 Å². The molecule has 0 aromatic heterocycles. The molecule has 98 valence electrons. The summed E-state index contributed by atoms with van der Waals surface area (Å²) in [5.41, 5.74) is 0.604. The van der Waals surface area contributed by atoms with Crippen LogP contribution < -0.4 is 0 Å². The minimum absolute atomic E-state index is 0. The zero-order valence-corrected chi connectivity index (χ0v) is 22.4. The van der Waals surface area contributed by atoms with Crippen molar-refractivity contribution in [1.82, 2.24) is 0 Å². The van der Waals surface area contributed by atoms with Crippen LogP contribution in [0.2, 0.25) is 0 Å². The zero-order chi connectivity index (χ0) is 12.6. The summed E-state index contributed by atoms with van der Waals surface area (Å²) in [5, 5.41) is 0. The van der Waals surface area contributed by atoms with Crippen LogP contribution >= 0.6 is 0 Å². The number of benzene rings is 1. The maximum atomic E-state index is 9.88. The van der Waals surface area contributed by atoms with Crippen molar-refractivity contribution in [2.24, 2.45) is 0 Å². The van der Waals surface area contributed by atoms with Gasteiger partial charge < -0.3 is 19.2 Å². The third-order valence-electron chi connectivity index (χ3n) is 1.04. The smallest absolute Gasteiger partial charge is 0.0627 e. The summed E-state index contributed by atoms with van der Waals surface area (Å²) in [6.07, 6.45) is 5.74. The van der Waals surface area contributed by atoms with E-state index in [4.69, 9.17) is 14.4 Å². The molecular weight excluding hydrogens is 564 g/mol. The average Bonchev–Trinajstić information content (AvgIpc) is 2.33. The maximum absolute atomic E-state index is 9.88. The van der Waals surface area contributed by atoms with Gasteiger partial charge in [0.25, 0.3) is 0 Å². The van der Waals surface area contributed by atoms with Crippen molar-refractivity contribution in [1.29, 1.82) is 0 Å². The molecule has 0 aliphatic heterocycles. The number of carbonyl (C=O) groups excluding carboxylic acids is 4. The van der Waals surface area contributed by atoms with Crippen molar-refractivity contribution in [2.45, 2.75) is 13.3 Å². The molecule has 0 atom stereocenters. The zero-order valence-electron chi connectivity index (χ0n) is 11.0. The Bertz CT molecular complexity index is 302. The molecule has 4 radical (unpaired) electrons. The Morgan fingerprint density at radius 3 is 1.30 bits per heavy atom. The fraction of sp³-hybridized carbons (Fsp3) is 0.167. The molecule has 20 heavy (non-hydrogen) atoms. The molecule has 0 saturated carbocycles. The van der Waals surface area contributed by atoms with E-state index in [1.54, 1.807) is 30.6 Å². The topological polar surface area (TPSA) is 68.3 Å². The fourth-order valence-electron chi connectivity index (χ4n) is 0.536. The molecule has 0 saturated heterocycles. The van der Waals surface area contributed by atoms with E-state index in [2.05, 4.69) is 0 Å². The van der Waals surface area contributed by atoms with Crippen LogP contribution in [-0.4, -0.2) is 25.1 Å². The van der Waals surface area contributed by atoms with Crippen LogP contribution in [0.4, 0.5) is 0 Å². The van der Waals surface area contributed by atoms with Gasteiger partial charge in [-0.1, -0.05) is 6.07 Å². The minimum atomic E-state index is -0.222. The summed E-state index contributed by atoms with van der Waals surface area (Å²) < 4.78 is 0. The summed E-state index contributed by atoms with van der Waals surface area (Å²) in [7, 11) is 0. The van der Waals surface area contributed by atoms with E-state index in [9.17, 15) is 4.79 Å². The van der Waals surface area contributed by atoms with Gasteiger partial charge in [-0.25, -0.2) is 0 Å². The fourth-order valence-corrected chi connectivity index (χ4v) is 0.536. The van der Waals surface area contributed by atoms with Crippen molar-refractivity contribution in [2.75, 3.05) is 0 Å². The summed E-state index contributed by atoms with van der Waals surface area (Å²) in [4.78, 5) is 36.6. The van der Waals surface area contributed by atoms with Gasteiger partial charge >= 0.3 is 0 Å². The van der Waals surface area contributed by atoms with Crippen LogP contribution in [0.5, 0.6) is 0 Å². The Morgan fingerprint density at radius 2 is 1.15 bits per heavy atom. The summed E-state index contributed by atoms with van der Waals surface area (Å²) in [6, 6.07) is 8.90. The molecular formula is C12H10O4Y4-4. The molecule has 8 heteroatoms. The third-order valence-corrected chi connectivity index (χ3v) is 1.04. The number of rotatable bonds is 3. The predicted molar refractivity (Wildman–Crippen MR) is 58.6 cm³/mol. The van der Waals surface area contributed by atoms with E-state index in [0.29, 0.717) is 5.56 Å². The van der Waals surface area contributed by atoms with Gasteiger partial charge in [0.05, 0.1) is 6.29 Å². The Morgan fingerprint density at radius 1 is 0.800 bits per heavy atom. The van der Waals surface area contributed by atoms with E-state index in [1.807, 2.05) is 6.07 Å². The second-order valence-corrected chi connectivity index (χ2v) is 2.14. The standard InChI is InChI=1S/C7H5O.C3H2O2.C2H3O.4Y/c8-6-7-4-2-1-3-5-7;4-2-1-3-5;1-2-3;;;;/h1-5H;1H2;1H3;;;;/q-1;-2;-1;;;;. The molecule has 0 amide bonds. The molecule has 0 spiro atoms. The van der Waals surface area contributed by atoms with E-state index in [1.165, 1.54) is 25.8 Å². The predicted octanol–water partition coefficient (Wildman–Crippen LogP) is 0.846. The quantitative estimate of drug-likeness (QED) is 0.397. The van der Waals surface area contributed by atoms with Gasteiger partial charge in [-0.2, -0.15) is 24.6 Å². The number of hydrogen-bond donors (Lipinski definition) is 0. The molecule has 0 bridgehead atoms. The summed E-state index contributed by atoms with van der Waals surface area (Å²) in [5.74, 6) is 0. The molecule has 0 fully saturated rings. The van der Waals surface area contributed by atoms with Gasteiger partial charge in [0.2, 0.25) is 0 Å². The Balaban J connectivity index is -0.0000000368. The van der Waals surface area contributed by atoms with Crippen LogP contribution in [0, 0.1) is 0 Å². The van der Waals surface area contributed by atoms with Crippen LogP contribution in [0.15, 0.2) is 30.3 Å². The van der Waals surface area contributed by atoms with Crippen molar-refractivity contribution in [3.8, 4) is 0 Å². The molecule has 1 rings (SSSR count). The molecule has 4 nitrogen and oxygen atoms in total. The monoisotopic (exact) mass is 574 g/mol. The first-order chi connectivity index (χ1) is 7.76. The summed E-state index contributed by atoms with van der Waals surface area (Å²) in [6.45, 7) is 1.32. The third kappa shape index (κ3) is 37.0. The molecule has 1 aromatic carbocycles.